The van der Waals surface area contributed by atoms with E-state index < -0.39 is 0 Å². The molecule has 1 heterocycles. The molecular weight excluding hydrogens is 270 g/mol. The van der Waals surface area contributed by atoms with Crippen molar-refractivity contribution < 1.29 is 0 Å². The Kier molecular flexibility index (Phi) is 5.00. The average molecular weight is 291 g/mol. The van der Waals surface area contributed by atoms with E-state index in [9.17, 15) is 0 Å². The third kappa shape index (κ3) is 4.30. The lowest BCUT2D eigenvalue weighted by molar-refractivity contribution is 0.242. The van der Waals surface area contributed by atoms with E-state index >= 15 is 0 Å². The highest BCUT2D eigenvalue weighted by Gasteiger charge is 2.07. The average Bonchev–Trinajstić information content (AvgIpc) is 3.08. The lowest BCUT2D eigenvalue weighted by atomic mass is 10.1. The minimum Gasteiger partial charge on any atom is -0.293 e. The summed E-state index contributed by atoms with van der Waals surface area (Å²) in [5.41, 5.74) is 2.69. The second-order valence-electron chi connectivity index (χ2n) is 5.45. The molecule has 0 aliphatic heterocycles. The van der Waals surface area contributed by atoms with E-state index in [1.54, 1.807) is 0 Å². The maximum Gasteiger partial charge on any atom is 0.0536 e. The quantitative estimate of drug-likeness (QED) is 0.663. The smallest absolute Gasteiger partial charge is 0.0536 e. The van der Waals surface area contributed by atoms with Crippen LogP contribution in [0.15, 0.2) is 79.1 Å². The molecule has 2 aromatic carbocycles. The van der Waals surface area contributed by atoms with Gasteiger partial charge in [0.25, 0.3) is 0 Å². The van der Waals surface area contributed by atoms with Gasteiger partial charge in [0.15, 0.2) is 0 Å². The van der Waals surface area contributed by atoms with E-state index in [2.05, 4.69) is 70.7 Å². The predicted molar refractivity (Wildman–Crippen MR) is 89.2 cm³/mol. The van der Waals surface area contributed by atoms with Crippen LogP contribution in [0.3, 0.4) is 0 Å². The Bertz CT molecular complexity index is 606. The maximum absolute atomic E-state index is 4.29. The van der Waals surface area contributed by atoms with Crippen molar-refractivity contribution in [3.63, 3.8) is 0 Å². The summed E-state index contributed by atoms with van der Waals surface area (Å²) in [6.45, 7) is 3.80. The molecule has 0 saturated carbocycles. The van der Waals surface area contributed by atoms with Gasteiger partial charge in [0.2, 0.25) is 0 Å². The fourth-order valence-corrected chi connectivity index (χ4v) is 2.57. The van der Waals surface area contributed by atoms with Crippen LogP contribution in [0.25, 0.3) is 0 Å². The first-order chi connectivity index (χ1) is 10.9. The number of benzene rings is 2. The molecule has 0 aliphatic rings. The number of aromatic nitrogens is 2. The van der Waals surface area contributed by atoms with Gasteiger partial charge in [-0.25, -0.2) is 0 Å². The second-order valence-corrected chi connectivity index (χ2v) is 5.45. The van der Waals surface area contributed by atoms with Gasteiger partial charge in [0, 0.05) is 32.0 Å². The first-order valence-corrected chi connectivity index (χ1v) is 7.68. The van der Waals surface area contributed by atoms with Crippen LogP contribution in [0.2, 0.25) is 0 Å². The summed E-state index contributed by atoms with van der Waals surface area (Å²) in [4.78, 5) is 2.46. The summed E-state index contributed by atoms with van der Waals surface area (Å²) in [5.74, 6) is 0. The van der Waals surface area contributed by atoms with Gasteiger partial charge in [-0.05, 0) is 17.2 Å². The number of nitrogens with zero attached hydrogens (tertiary/aromatic N) is 3. The molecule has 22 heavy (non-hydrogen) atoms. The van der Waals surface area contributed by atoms with Crippen LogP contribution in [0.1, 0.15) is 11.1 Å². The fourth-order valence-electron chi connectivity index (χ4n) is 2.57. The van der Waals surface area contributed by atoms with Crippen LogP contribution in [0, 0.1) is 0 Å². The summed E-state index contributed by atoms with van der Waals surface area (Å²) in [7, 11) is 0. The van der Waals surface area contributed by atoms with Gasteiger partial charge < -0.3 is 0 Å². The van der Waals surface area contributed by atoms with E-state index in [0.29, 0.717) is 0 Å². The highest BCUT2D eigenvalue weighted by Crippen LogP contribution is 2.10. The number of hydrogen-bond donors (Lipinski definition) is 0. The Hall–Kier alpha value is -2.39. The SMILES string of the molecule is c1ccc(CN(CCn2cccn2)Cc2ccccc2)cc1. The molecule has 3 heteroatoms. The zero-order valence-electron chi connectivity index (χ0n) is 12.7. The van der Waals surface area contributed by atoms with Gasteiger partial charge in [-0.2, -0.15) is 5.10 Å². The van der Waals surface area contributed by atoms with E-state index in [1.165, 1.54) is 11.1 Å². The normalized spacial score (nSPS) is 11.0. The Morgan fingerprint density at radius 2 is 1.36 bits per heavy atom. The zero-order valence-corrected chi connectivity index (χ0v) is 12.7. The molecule has 3 nitrogen and oxygen atoms in total. The third-order valence-electron chi connectivity index (χ3n) is 3.70. The Labute approximate surface area is 131 Å². The maximum atomic E-state index is 4.29. The third-order valence-corrected chi connectivity index (χ3v) is 3.70. The molecule has 0 saturated heterocycles. The first kappa shape index (κ1) is 14.5. The minimum atomic E-state index is 0.909. The van der Waals surface area contributed by atoms with Crippen LogP contribution in [-0.4, -0.2) is 21.2 Å². The molecule has 112 valence electrons. The van der Waals surface area contributed by atoms with Crippen LogP contribution in [0.4, 0.5) is 0 Å². The van der Waals surface area contributed by atoms with Crippen LogP contribution >= 0.6 is 0 Å². The van der Waals surface area contributed by atoms with Crippen molar-refractivity contribution in [3.8, 4) is 0 Å². The molecule has 0 spiro atoms. The van der Waals surface area contributed by atoms with Crippen LogP contribution < -0.4 is 0 Å². The first-order valence-electron chi connectivity index (χ1n) is 7.68. The highest BCUT2D eigenvalue weighted by molar-refractivity contribution is 5.17. The van der Waals surface area contributed by atoms with Crippen molar-refractivity contribution in [2.24, 2.45) is 0 Å². The molecule has 3 rings (SSSR count). The molecule has 0 fully saturated rings. The molecule has 0 N–H and O–H groups in total. The van der Waals surface area contributed by atoms with Crippen molar-refractivity contribution in [2.45, 2.75) is 19.6 Å². The summed E-state index contributed by atoms with van der Waals surface area (Å²) < 4.78 is 1.99. The Morgan fingerprint density at radius 3 is 1.86 bits per heavy atom. The molecular formula is C19H21N3. The Balaban J connectivity index is 1.67. The van der Waals surface area contributed by atoms with Crippen LogP contribution in [0.5, 0.6) is 0 Å². The standard InChI is InChI=1S/C19H21N3/c1-3-8-18(9-4-1)16-21(14-15-22-13-7-12-20-22)17-19-10-5-2-6-11-19/h1-13H,14-17H2. The van der Waals surface area contributed by atoms with Gasteiger partial charge in [-0.1, -0.05) is 60.7 Å². The monoisotopic (exact) mass is 291 g/mol. The molecule has 0 amide bonds. The second kappa shape index (κ2) is 7.57. The molecule has 0 aliphatic carbocycles. The Morgan fingerprint density at radius 1 is 0.773 bits per heavy atom. The lowest BCUT2D eigenvalue weighted by Gasteiger charge is -2.22. The van der Waals surface area contributed by atoms with Crippen molar-refractivity contribution in [1.29, 1.82) is 0 Å². The van der Waals surface area contributed by atoms with Crippen molar-refractivity contribution >= 4 is 0 Å². The van der Waals surface area contributed by atoms with E-state index in [0.717, 1.165) is 26.2 Å². The van der Waals surface area contributed by atoms with E-state index in [-0.39, 0.29) is 0 Å². The zero-order chi connectivity index (χ0) is 15.0. The van der Waals surface area contributed by atoms with Gasteiger partial charge in [0.05, 0.1) is 6.54 Å². The van der Waals surface area contributed by atoms with Gasteiger partial charge in [-0.15, -0.1) is 0 Å². The summed E-state index contributed by atoms with van der Waals surface area (Å²) in [6.07, 6.45) is 3.85. The largest absolute Gasteiger partial charge is 0.293 e. The van der Waals surface area contributed by atoms with Crippen molar-refractivity contribution in [2.75, 3.05) is 6.54 Å². The van der Waals surface area contributed by atoms with Crippen LogP contribution in [-0.2, 0) is 19.6 Å². The number of rotatable bonds is 7. The van der Waals surface area contributed by atoms with Gasteiger partial charge >= 0.3 is 0 Å². The molecule has 0 bridgehead atoms. The summed E-state index contributed by atoms with van der Waals surface area (Å²) >= 11 is 0. The van der Waals surface area contributed by atoms with Gasteiger partial charge in [-0.3, -0.25) is 9.58 Å². The van der Waals surface area contributed by atoms with Crippen molar-refractivity contribution in [3.05, 3.63) is 90.3 Å². The summed E-state index contributed by atoms with van der Waals surface area (Å²) in [5, 5.41) is 4.29. The highest BCUT2D eigenvalue weighted by atomic mass is 15.3. The molecule has 0 radical (unpaired) electrons. The fraction of sp³-hybridized carbons (Fsp3) is 0.211. The van der Waals surface area contributed by atoms with E-state index in [1.807, 2.05) is 23.1 Å². The minimum absolute atomic E-state index is 0.909. The van der Waals surface area contributed by atoms with Gasteiger partial charge in [0.1, 0.15) is 0 Å². The molecule has 3 aromatic rings. The predicted octanol–water partition coefficient (Wildman–Crippen LogP) is 3.59. The lowest BCUT2D eigenvalue weighted by Crippen LogP contribution is -2.27. The van der Waals surface area contributed by atoms with Crippen molar-refractivity contribution in [1.82, 2.24) is 14.7 Å². The van der Waals surface area contributed by atoms with E-state index in [4.69, 9.17) is 0 Å². The topological polar surface area (TPSA) is 21.1 Å². The number of hydrogen-bond acceptors (Lipinski definition) is 2. The summed E-state index contributed by atoms with van der Waals surface area (Å²) in [6, 6.07) is 23.2. The molecule has 1 aromatic heterocycles. The molecule has 0 unspecified atom stereocenters. The molecule has 0 atom stereocenters.